The number of piperidine rings is 1. The predicted molar refractivity (Wildman–Crippen MR) is 111 cm³/mol. The second-order valence-electron chi connectivity index (χ2n) is 8.89. The molecule has 154 valence electrons. The number of likely N-dealkylation sites (tertiary alicyclic amines) is 1. The number of carbonyl (C=O) groups excluding carboxylic acids is 2. The Balaban J connectivity index is 1.25. The monoisotopic (exact) mass is 395 g/mol. The van der Waals surface area contributed by atoms with Crippen LogP contribution in [0.1, 0.15) is 44.1 Å². The lowest BCUT2D eigenvalue weighted by Gasteiger charge is -2.37. The first-order valence-electron chi connectivity index (χ1n) is 11.0. The fourth-order valence-electron chi connectivity index (χ4n) is 4.89. The van der Waals surface area contributed by atoms with Gasteiger partial charge in [0.15, 0.2) is 0 Å². The molecule has 2 aromatic heterocycles. The molecule has 4 heterocycles. The summed E-state index contributed by atoms with van der Waals surface area (Å²) in [5.74, 6) is 1.46. The number of nitrogens with zero attached hydrogens (tertiary/aromatic N) is 4. The van der Waals surface area contributed by atoms with Crippen LogP contribution in [0, 0.1) is 11.8 Å². The summed E-state index contributed by atoms with van der Waals surface area (Å²) in [6.07, 6.45) is 11.9. The van der Waals surface area contributed by atoms with Gasteiger partial charge in [-0.15, -0.1) is 0 Å². The molecule has 1 N–H and O–H groups in total. The number of aromatic nitrogens is 2. The number of fused-ring (bicyclic) bond motifs is 1. The topological polar surface area (TPSA) is 70.0 Å². The highest BCUT2D eigenvalue weighted by molar-refractivity contribution is 6.07. The summed E-state index contributed by atoms with van der Waals surface area (Å²) in [7, 11) is 0. The Labute approximate surface area is 171 Å². The maximum absolute atomic E-state index is 12.2. The SMILES string of the molecule is O=C1CCN(c2cnn3ccc(CC4CCN(CC5CCC5)CC4)cc23)C(=O)N1. The van der Waals surface area contributed by atoms with E-state index in [0.717, 1.165) is 29.5 Å². The van der Waals surface area contributed by atoms with Gasteiger partial charge in [-0.1, -0.05) is 6.42 Å². The van der Waals surface area contributed by atoms with Crippen LogP contribution in [0.3, 0.4) is 0 Å². The molecule has 7 nitrogen and oxygen atoms in total. The summed E-state index contributed by atoms with van der Waals surface area (Å²) in [6, 6.07) is 3.94. The molecule has 0 radical (unpaired) electrons. The number of anilines is 1. The predicted octanol–water partition coefficient (Wildman–Crippen LogP) is 2.84. The van der Waals surface area contributed by atoms with E-state index < -0.39 is 0 Å². The van der Waals surface area contributed by atoms with E-state index in [1.54, 1.807) is 11.1 Å². The molecule has 3 fully saturated rings. The molecule has 0 spiro atoms. The summed E-state index contributed by atoms with van der Waals surface area (Å²) in [4.78, 5) is 28.0. The van der Waals surface area contributed by atoms with E-state index >= 15 is 0 Å². The number of rotatable bonds is 5. The van der Waals surface area contributed by atoms with Gasteiger partial charge in [0.05, 0.1) is 17.4 Å². The molecule has 29 heavy (non-hydrogen) atoms. The van der Waals surface area contributed by atoms with Gasteiger partial charge in [0.2, 0.25) is 5.91 Å². The lowest BCUT2D eigenvalue weighted by molar-refractivity contribution is -0.120. The van der Waals surface area contributed by atoms with Crippen LogP contribution in [0.2, 0.25) is 0 Å². The fraction of sp³-hybridized carbons (Fsp3) is 0.591. The van der Waals surface area contributed by atoms with Crippen molar-refractivity contribution in [2.75, 3.05) is 31.1 Å². The minimum atomic E-state index is -0.361. The number of carbonyl (C=O) groups is 2. The second-order valence-corrected chi connectivity index (χ2v) is 8.89. The lowest BCUT2D eigenvalue weighted by atomic mass is 9.84. The van der Waals surface area contributed by atoms with Crippen LogP contribution in [0.15, 0.2) is 24.5 Å². The number of imide groups is 1. The first-order valence-corrected chi connectivity index (χ1v) is 11.0. The highest BCUT2D eigenvalue weighted by atomic mass is 16.2. The van der Waals surface area contributed by atoms with E-state index in [2.05, 4.69) is 27.4 Å². The molecule has 1 aliphatic carbocycles. The number of urea groups is 1. The molecule has 0 unspecified atom stereocenters. The first-order chi connectivity index (χ1) is 14.2. The van der Waals surface area contributed by atoms with Gasteiger partial charge in [0.25, 0.3) is 0 Å². The maximum atomic E-state index is 12.2. The third-order valence-corrected chi connectivity index (χ3v) is 6.88. The molecule has 3 amide bonds. The van der Waals surface area contributed by atoms with Crippen molar-refractivity contribution in [2.45, 2.75) is 44.9 Å². The normalized spacial score (nSPS) is 22.1. The van der Waals surface area contributed by atoms with Crippen LogP contribution in [0.25, 0.3) is 5.52 Å². The molecule has 7 heteroatoms. The van der Waals surface area contributed by atoms with Crippen LogP contribution in [0.5, 0.6) is 0 Å². The van der Waals surface area contributed by atoms with E-state index in [4.69, 9.17) is 0 Å². The zero-order valence-electron chi connectivity index (χ0n) is 16.8. The minimum Gasteiger partial charge on any atom is -0.303 e. The van der Waals surface area contributed by atoms with Crippen LogP contribution >= 0.6 is 0 Å². The van der Waals surface area contributed by atoms with Gasteiger partial charge in [0.1, 0.15) is 0 Å². The zero-order chi connectivity index (χ0) is 19.8. The molecule has 0 aromatic carbocycles. The van der Waals surface area contributed by atoms with Crippen LogP contribution < -0.4 is 10.2 Å². The maximum Gasteiger partial charge on any atom is 0.328 e. The molecular formula is C22H29N5O2. The van der Waals surface area contributed by atoms with Crippen molar-refractivity contribution in [3.8, 4) is 0 Å². The van der Waals surface area contributed by atoms with Gasteiger partial charge < -0.3 is 4.90 Å². The van der Waals surface area contributed by atoms with Crippen molar-refractivity contribution in [2.24, 2.45) is 11.8 Å². The van der Waals surface area contributed by atoms with Crippen molar-refractivity contribution < 1.29 is 9.59 Å². The number of pyridine rings is 1. The van der Waals surface area contributed by atoms with Crippen molar-refractivity contribution in [3.05, 3.63) is 30.1 Å². The molecular weight excluding hydrogens is 366 g/mol. The number of amides is 3. The summed E-state index contributed by atoms with van der Waals surface area (Å²) < 4.78 is 1.81. The quantitative estimate of drug-likeness (QED) is 0.845. The van der Waals surface area contributed by atoms with Crippen molar-refractivity contribution in [1.82, 2.24) is 19.8 Å². The molecule has 2 aliphatic heterocycles. The average Bonchev–Trinajstić information content (AvgIpc) is 3.09. The van der Waals surface area contributed by atoms with Gasteiger partial charge in [-0.25, -0.2) is 9.31 Å². The van der Waals surface area contributed by atoms with E-state index in [1.165, 1.54) is 57.3 Å². The van der Waals surface area contributed by atoms with E-state index in [9.17, 15) is 9.59 Å². The highest BCUT2D eigenvalue weighted by Crippen LogP contribution is 2.30. The summed E-state index contributed by atoms with van der Waals surface area (Å²) >= 11 is 0. The van der Waals surface area contributed by atoms with E-state index in [0.29, 0.717) is 13.0 Å². The minimum absolute atomic E-state index is 0.216. The molecule has 5 rings (SSSR count). The zero-order valence-corrected chi connectivity index (χ0v) is 16.8. The molecule has 3 aliphatic rings. The third-order valence-electron chi connectivity index (χ3n) is 6.88. The molecule has 1 saturated carbocycles. The van der Waals surface area contributed by atoms with Crippen molar-refractivity contribution in [1.29, 1.82) is 0 Å². The van der Waals surface area contributed by atoms with Crippen molar-refractivity contribution >= 4 is 23.1 Å². The third kappa shape index (κ3) is 3.88. The van der Waals surface area contributed by atoms with Gasteiger partial charge >= 0.3 is 6.03 Å². The number of hydrogen-bond acceptors (Lipinski definition) is 4. The average molecular weight is 396 g/mol. The number of nitrogens with one attached hydrogen (secondary N) is 1. The Morgan fingerprint density at radius 2 is 1.90 bits per heavy atom. The van der Waals surface area contributed by atoms with E-state index in [1.807, 2.05) is 10.7 Å². The van der Waals surface area contributed by atoms with E-state index in [-0.39, 0.29) is 11.9 Å². The Bertz CT molecular complexity index is 911. The molecule has 2 saturated heterocycles. The van der Waals surface area contributed by atoms with Crippen LogP contribution in [-0.2, 0) is 11.2 Å². The Morgan fingerprint density at radius 3 is 2.62 bits per heavy atom. The van der Waals surface area contributed by atoms with Gasteiger partial charge in [-0.3, -0.25) is 15.0 Å². The molecule has 2 aromatic rings. The largest absolute Gasteiger partial charge is 0.328 e. The standard InChI is InChI=1S/C22H29N5O2/c28-21-7-10-26(22(29)24-21)20-14-23-27-11-6-18(13-19(20)27)12-16-4-8-25(9-5-16)15-17-2-1-3-17/h6,11,13-14,16-17H,1-5,7-10,12,15H2,(H,24,28,29). The van der Waals surface area contributed by atoms with Crippen molar-refractivity contribution in [3.63, 3.8) is 0 Å². The Hall–Kier alpha value is -2.41. The Kier molecular flexibility index (Phi) is 4.99. The summed E-state index contributed by atoms with van der Waals surface area (Å²) in [6.45, 7) is 4.15. The molecule has 0 bridgehead atoms. The molecule has 0 atom stereocenters. The smallest absolute Gasteiger partial charge is 0.303 e. The van der Waals surface area contributed by atoms with Gasteiger partial charge in [-0.2, -0.15) is 5.10 Å². The Morgan fingerprint density at radius 1 is 1.07 bits per heavy atom. The first kappa shape index (κ1) is 18.6. The van der Waals surface area contributed by atoms with Gasteiger partial charge in [-0.05, 0) is 74.7 Å². The summed E-state index contributed by atoms with van der Waals surface area (Å²) in [5.41, 5.74) is 2.99. The number of hydrogen-bond donors (Lipinski definition) is 1. The highest BCUT2D eigenvalue weighted by Gasteiger charge is 2.27. The summed E-state index contributed by atoms with van der Waals surface area (Å²) in [5, 5.41) is 6.78. The second kappa shape index (κ2) is 7.78. The van der Waals surface area contributed by atoms with Gasteiger partial charge in [0, 0.05) is 25.7 Å². The van der Waals surface area contributed by atoms with Crippen LogP contribution in [0.4, 0.5) is 10.5 Å². The van der Waals surface area contributed by atoms with Crippen LogP contribution in [-0.4, -0.2) is 52.6 Å². The lowest BCUT2D eigenvalue weighted by Crippen LogP contribution is -2.49. The fourth-order valence-corrected chi connectivity index (χ4v) is 4.89.